The van der Waals surface area contributed by atoms with E-state index >= 15 is 0 Å². The Morgan fingerprint density at radius 3 is 2.43 bits per heavy atom. The maximum absolute atomic E-state index is 12.4. The number of hydrogen-bond acceptors (Lipinski definition) is 5. The Kier molecular flexibility index (Phi) is 6.20. The second-order valence-electron chi connectivity index (χ2n) is 5.74. The minimum absolute atomic E-state index is 0.139. The topological polar surface area (TPSA) is 88.2 Å². The maximum atomic E-state index is 12.4. The fourth-order valence-corrected chi connectivity index (χ4v) is 2.75. The number of hydrogen-bond donors (Lipinski definition) is 1. The Balaban J connectivity index is 1.77. The molecule has 2 heterocycles. The molecule has 2 aliphatic heterocycles. The zero-order valence-corrected chi connectivity index (χ0v) is 13.7. The summed E-state index contributed by atoms with van der Waals surface area (Å²) < 4.78 is 10.3. The molecule has 0 aromatic rings. The summed E-state index contributed by atoms with van der Waals surface area (Å²) in [4.78, 5) is 39.2. The van der Waals surface area contributed by atoms with E-state index in [0.717, 1.165) is 6.42 Å². The Morgan fingerprint density at radius 1 is 1.22 bits per heavy atom. The molecule has 0 aromatic heterocycles. The van der Waals surface area contributed by atoms with Crippen LogP contribution >= 0.6 is 0 Å². The summed E-state index contributed by atoms with van der Waals surface area (Å²) >= 11 is 0. The molecule has 0 saturated carbocycles. The molecule has 23 heavy (non-hydrogen) atoms. The number of amides is 3. The van der Waals surface area contributed by atoms with Crippen molar-refractivity contribution in [1.82, 2.24) is 15.1 Å². The second kappa shape index (κ2) is 8.14. The lowest BCUT2D eigenvalue weighted by atomic mass is 10.2. The molecule has 2 fully saturated rings. The maximum Gasteiger partial charge on any atom is 0.409 e. The summed E-state index contributed by atoms with van der Waals surface area (Å²) in [5.74, 6) is -0.367. The van der Waals surface area contributed by atoms with Crippen molar-refractivity contribution in [3.05, 3.63) is 0 Å². The first-order valence-corrected chi connectivity index (χ1v) is 8.15. The van der Waals surface area contributed by atoms with E-state index < -0.39 is 12.1 Å². The summed E-state index contributed by atoms with van der Waals surface area (Å²) in [6, 6.07) is -0.596. The zero-order chi connectivity index (χ0) is 16.8. The summed E-state index contributed by atoms with van der Waals surface area (Å²) in [5.41, 5.74) is 0. The van der Waals surface area contributed by atoms with Gasteiger partial charge in [-0.2, -0.15) is 0 Å². The van der Waals surface area contributed by atoms with Crippen molar-refractivity contribution in [2.45, 2.75) is 38.8 Å². The molecule has 3 amide bonds. The predicted molar refractivity (Wildman–Crippen MR) is 81.8 cm³/mol. The van der Waals surface area contributed by atoms with E-state index in [4.69, 9.17) is 9.47 Å². The smallest absolute Gasteiger partial charge is 0.409 e. The molecule has 2 rings (SSSR count). The van der Waals surface area contributed by atoms with Gasteiger partial charge in [-0.3, -0.25) is 9.59 Å². The molecule has 8 nitrogen and oxygen atoms in total. The van der Waals surface area contributed by atoms with Crippen LogP contribution in [0.4, 0.5) is 4.79 Å². The molecule has 2 saturated heterocycles. The van der Waals surface area contributed by atoms with Crippen molar-refractivity contribution in [3.63, 3.8) is 0 Å². The number of carbonyl (C=O) groups excluding carboxylic acids is 3. The second-order valence-corrected chi connectivity index (χ2v) is 5.74. The van der Waals surface area contributed by atoms with Crippen molar-refractivity contribution in [3.8, 4) is 0 Å². The molecular formula is C15H25N3O5. The van der Waals surface area contributed by atoms with Crippen molar-refractivity contribution in [1.29, 1.82) is 0 Å². The molecule has 1 unspecified atom stereocenters. The zero-order valence-electron chi connectivity index (χ0n) is 13.7. The summed E-state index contributed by atoms with van der Waals surface area (Å²) in [6.07, 6.45) is 0.784. The quantitative estimate of drug-likeness (QED) is 0.783. The average molecular weight is 327 g/mol. The fraction of sp³-hybridized carbons (Fsp3) is 0.800. The van der Waals surface area contributed by atoms with Crippen LogP contribution in [-0.2, 0) is 19.1 Å². The number of rotatable bonds is 4. The Hall–Kier alpha value is -1.83. The van der Waals surface area contributed by atoms with Crippen LogP contribution in [0, 0.1) is 0 Å². The van der Waals surface area contributed by atoms with Gasteiger partial charge in [0.25, 0.3) is 0 Å². The van der Waals surface area contributed by atoms with Gasteiger partial charge in [-0.05, 0) is 26.7 Å². The molecule has 2 aliphatic rings. The van der Waals surface area contributed by atoms with E-state index in [0.29, 0.717) is 45.8 Å². The molecule has 2 atom stereocenters. The summed E-state index contributed by atoms with van der Waals surface area (Å²) in [5, 5.41) is 2.71. The highest BCUT2D eigenvalue weighted by Crippen LogP contribution is 2.12. The van der Waals surface area contributed by atoms with E-state index in [2.05, 4.69) is 5.32 Å². The lowest BCUT2D eigenvalue weighted by Crippen LogP contribution is -2.55. The largest absolute Gasteiger partial charge is 0.450 e. The highest BCUT2D eigenvalue weighted by molar-refractivity contribution is 5.89. The molecule has 0 aromatic carbocycles. The minimum Gasteiger partial charge on any atom is -0.450 e. The van der Waals surface area contributed by atoms with Gasteiger partial charge in [0.1, 0.15) is 12.1 Å². The lowest BCUT2D eigenvalue weighted by molar-refractivity contribution is -0.139. The number of piperazine rings is 1. The third kappa shape index (κ3) is 4.57. The van der Waals surface area contributed by atoms with Crippen molar-refractivity contribution in [2.75, 3.05) is 39.4 Å². The highest BCUT2D eigenvalue weighted by atomic mass is 16.6. The van der Waals surface area contributed by atoms with Gasteiger partial charge < -0.3 is 24.6 Å². The third-order valence-electron chi connectivity index (χ3n) is 4.07. The van der Waals surface area contributed by atoms with Crippen molar-refractivity contribution in [2.24, 2.45) is 0 Å². The molecule has 130 valence electrons. The molecule has 0 aliphatic carbocycles. The number of nitrogens with one attached hydrogen (secondary N) is 1. The van der Waals surface area contributed by atoms with Crippen LogP contribution in [0.2, 0.25) is 0 Å². The van der Waals surface area contributed by atoms with E-state index in [1.54, 1.807) is 23.6 Å². The van der Waals surface area contributed by atoms with E-state index in [1.165, 1.54) is 0 Å². The predicted octanol–water partition coefficient (Wildman–Crippen LogP) is -0.0292. The van der Waals surface area contributed by atoms with Gasteiger partial charge in [0.2, 0.25) is 11.8 Å². The first kappa shape index (κ1) is 17.5. The van der Waals surface area contributed by atoms with Gasteiger partial charge in [-0.1, -0.05) is 0 Å². The van der Waals surface area contributed by atoms with Crippen LogP contribution in [0.15, 0.2) is 0 Å². The van der Waals surface area contributed by atoms with Gasteiger partial charge in [-0.25, -0.2) is 4.79 Å². The van der Waals surface area contributed by atoms with Crippen LogP contribution in [0.1, 0.15) is 26.7 Å². The normalized spacial score (nSPS) is 22.6. The molecule has 1 N–H and O–H groups in total. The van der Waals surface area contributed by atoms with Gasteiger partial charge in [-0.15, -0.1) is 0 Å². The standard InChI is InChI=1S/C15H25N3O5/c1-3-22-15(21)18-8-6-17(7-9-18)14(20)11(2)16-13(19)12-5-4-10-23-12/h11-12H,3-10H2,1-2H3,(H,16,19)/t11-,12?/m0/s1. The third-order valence-corrected chi connectivity index (χ3v) is 4.07. The monoisotopic (exact) mass is 327 g/mol. The number of nitrogens with zero attached hydrogens (tertiary/aromatic N) is 2. The Labute approximate surface area is 136 Å². The van der Waals surface area contributed by atoms with Crippen LogP contribution in [0.25, 0.3) is 0 Å². The highest BCUT2D eigenvalue weighted by Gasteiger charge is 2.30. The molecular weight excluding hydrogens is 302 g/mol. The molecule has 0 bridgehead atoms. The van der Waals surface area contributed by atoms with Crippen LogP contribution in [0.3, 0.4) is 0 Å². The van der Waals surface area contributed by atoms with Crippen molar-refractivity contribution < 1.29 is 23.9 Å². The van der Waals surface area contributed by atoms with E-state index in [9.17, 15) is 14.4 Å². The number of ether oxygens (including phenoxy) is 2. The Bertz CT molecular complexity index is 442. The van der Waals surface area contributed by atoms with Crippen LogP contribution < -0.4 is 5.32 Å². The fourth-order valence-electron chi connectivity index (χ4n) is 2.75. The molecule has 0 spiro atoms. The van der Waals surface area contributed by atoms with Crippen molar-refractivity contribution >= 4 is 17.9 Å². The van der Waals surface area contributed by atoms with E-state index in [1.807, 2.05) is 0 Å². The summed E-state index contributed by atoms with van der Waals surface area (Å²) in [7, 11) is 0. The Morgan fingerprint density at radius 2 is 1.87 bits per heavy atom. The number of carbonyl (C=O) groups is 3. The summed E-state index contributed by atoms with van der Waals surface area (Å²) in [6.45, 7) is 6.13. The first-order chi connectivity index (χ1) is 11.0. The molecule has 0 radical (unpaired) electrons. The van der Waals surface area contributed by atoms with Crippen LogP contribution in [-0.4, -0.2) is 79.2 Å². The minimum atomic E-state index is -0.596. The van der Waals surface area contributed by atoms with Gasteiger partial charge in [0, 0.05) is 32.8 Å². The first-order valence-electron chi connectivity index (χ1n) is 8.15. The van der Waals surface area contributed by atoms with Gasteiger partial charge >= 0.3 is 6.09 Å². The van der Waals surface area contributed by atoms with Gasteiger partial charge in [0.05, 0.1) is 6.61 Å². The van der Waals surface area contributed by atoms with Crippen LogP contribution in [0.5, 0.6) is 0 Å². The average Bonchev–Trinajstić information content (AvgIpc) is 3.09. The van der Waals surface area contributed by atoms with E-state index in [-0.39, 0.29) is 17.9 Å². The SMILES string of the molecule is CCOC(=O)N1CCN(C(=O)[C@H](C)NC(=O)C2CCCO2)CC1. The lowest BCUT2D eigenvalue weighted by Gasteiger charge is -2.35. The van der Waals surface area contributed by atoms with Gasteiger partial charge in [0.15, 0.2) is 0 Å². The molecule has 8 heteroatoms.